The van der Waals surface area contributed by atoms with Crippen molar-refractivity contribution in [3.63, 3.8) is 0 Å². The summed E-state index contributed by atoms with van der Waals surface area (Å²) in [5.41, 5.74) is 10.8. The maximum atomic E-state index is 12.3. The van der Waals surface area contributed by atoms with Gasteiger partial charge in [0, 0.05) is 38.5 Å². The molecule has 154 valence electrons. The lowest BCUT2D eigenvalue weighted by Gasteiger charge is -2.17. The Morgan fingerprint density at radius 1 is 1.34 bits per heavy atom. The lowest BCUT2D eigenvalue weighted by molar-refractivity contribution is -0.143. The van der Waals surface area contributed by atoms with E-state index < -0.39 is 29.8 Å². The molecule has 0 spiro atoms. The molecule has 0 aliphatic carbocycles. The van der Waals surface area contributed by atoms with Crippen LogP contribution in [-0.2, 0) is 20.8 Å². The lowest BCUT2D eigenvalue weighted by atomic mass is 10.0. The van der Waals surface area contributed by atoms with E-state index in [4.69, 9.17) is 5.53 Å². The zero-order valence-corrected chi connectivity index (χ0v) is 16.1. The van der Waals surface area contributed by atoms with Gasteiger partial charge in [0.25, 0.3) is 0 Å². The average Bonchev–Trinajstić information content (AvgIpc) is 3.07. The molecule has 1 heterocycles. The number of ketones is 1. The molecule has 2 rings (SSSR count). The van der Waals surface area contributed by atoms with Crippen LogP contribution in [0.1, 0.15) is 18.4 Å². The number of aromatic nitrogens is 1. The second kappa shape index (κ2) is 9.63. The van der Waals surface area contributed by atoms with Gasteiger partial charge in [-0.15, -0.1) is 0 Å². The standard InChI is InChI=1S/C19H23N5O5/c1-24(2)15-5-3-4-13-11(9-21-17(13)15)8-16(26)18(27)23-14(19(28)29)7-6-12(25)10-22-20/h3-5,9-10,14,16,21,26H,6-8H2,1-2H3,(H,23,27)(H,28,29)/t14-,16-/m0/s1. The minimum Gasteiger partial charge on any atom is -0.480 e. The first-order valence-electron chi connectivity index (χ1n) is 8.92. The van der Waals surface area contributed by atoms with E-state index >= 15 is 0 Å². The number of amides is 1. The van der Waals surface area contributed by atoms with Crippen molar-refractivity contribution in [2.45, 2.75) is 31.4 Å². The first-order valence-corrected chi connectivity index (χ1v) is 8.92. The van der Waals surface area contributed by atoms with Gasteiger partial charge < -0.3 is 30.9 Å². The summed E-state index contributed by atoms with van der Waals surface area (Å²) in [5.74, 6) is -2.76. The lowest BCUT2D eigenvalue weighted by Crippen LogP contribution is -2.46. The fraction of sp³-hybridized carbons (Fsp3) is 0.368. The van der Waals surface area contributed by atoms with Crippen molar-refractivity contribution in [1.29, 1.82) is 0 Å². The van der Waals surface area contributed by atoms with E-state index in [1.165, 1.54) is 0 Å². The van der Waals surface area contributed by atoms with Crippen molar-refractivity contribution in [1.82, 2.24) is 10.3 Å². The summed E-state index contributed by atoms with van der Waals surface area (Å²) in [4.78, 5) is 42.6. The number of benzene rings is 1. The predicted octanol–water partition coefficient (Wildman–Crippen LogP) is 0.357. The topological polar surface area (TPSA) is 159 Å². The minimum atomic E-state index is -1.46. The van der Waals surface area contributed by atoms with E-state index in [0.29, 0.717) is 11.8 Å². The van der Waals surface area contributed by atoms with E-state index in [0.717, 1.165) is 16.6 Å². The number of rotatable bonds is 10. The van der Waals surface area contributed by atoms with E-state index in [-0.39, 0.29) is 19.3 Å². The van der Waals surface area contributed by atoms with Crippen LogP contribution in [-0.4, -0.2) is 70.1 Å². The van der Waals surface area contributed by atoms with Gasteiger partial charge in [-0.3, -0.25) is 9.59 Å². The summed E-state index contributed by atoms with van der Waals surface area (Å²) in [6.45, 7) is 0. The SMILES string of the molecule is CN(C)c1cccc2c(C[C@H](O)C(=O)N[C@@H](CCC(=O)C=[N+]=[N-])C(=O)O)c[nH]c12. The molecule has 1 amide bonds. The van der Waals surface area contributed by atoms with Crippen LogP contribution in [0.15, 0.2) is 24.4 Å². The van der Waals surface area contributed by atoms with Gasteiger partial charge in [0.15, 0.2) is 0 Å². The molecule has 2 aromatic rings. The van der Waals surface area contributed by atoms with Gasteiger partial charge in [0.1, 0.15) is 12.1 Å². The number of H-pyrrole nitrogens is 1. The first-order chi connectivity index (χ1) is 13.7. The van der Waals surface area contributed by atoms with Gasteiger partial charge in [0.05, 0.1) is 11.2 Å². The second-order valence-electron chi connectivity index (χ2n) is 6.78. The number of carbonyl (C=O) groups excluding carboxylic acids is 2. The first kappa shape index (κ1) is 21.8. The van der Waals surface area contributed by atoms with Crippen molar-refractivity contribution in [2.24, 2.45) is 0 Å². The molecule has 1 aromatic heterocycles. The van der Waals surface area contributed by atoms with Crippen LogP contribution in [0, 0.1) is 0 Å². The molecule has 0 radical (unpaired) electrons. The number of fused-ring (bicyclic) bond motifs is 1. The Labute approximate surface area is 166 Å². The highest BCUT2D eigenvalue weighted by atomic mass is 16.4. The number of nitrogens with zero attached hydrogens (tertiary/aromatic N) is 3. The maximum Gasteiger partial charge on any atom is 0.326 e. The van der Waals surface area contributed by atoms with E-state index in [1.54, 1.807) is 6.20 Å². The summed E-state index contributed by atoms with van der Waals surface area (Å²) in [6.07, 6.45) is 0.467. The number of carbonyl (C=O) groups is 3. The maximum absolute atomic E-state index is 12.3. The highest BCUT2D eigenvalue weighted by Gasteiger charge is 2.25. The van der Waals surface area contributed by atoms with E-state index in [9.17, 15) is 24.6 Å². The Bertz CT molecular complexity index is 961. The fourth-order valence-electron chi connectivity index (χ4n) is 2.98. The van der Waals surface area contributed by atoms with Gasteiger partial charge in [-0.1, -0.05) is 12.1 Å². The van der Waals surface area contributed by atoms with Crippen LogP contribution in [0.4, 0.5) is 5.69 Å². The molecule has 4 N–H and O–H groups in total. The summed E-state index contributed by atoms with van der Waals surface area (Å²) >= 11 is 0. The number of carboxylic acids is 1. The third kappa shape index (κ3) is 5.50. The molecular weight excluding hydrogens is 378 g/mol. The van der Waals surface area contributed by atoms with Gasteiger partial charge in [-0.25, -0.2) is 4.79 Å². The van der Waals surface area contributed by atoms with E-state index in [1.807, 2.05) is 37.2 Å². The third-order valence-corrected chi connectivity index (χ3v) is 4.47. The quantitative estimate of drug-likeness (QED) is 0.255. The van der Waals surface area contributed by atoms with Crippen LogP contribution < -0.4 is 10.2 Å². The molecule has 29 heavy (non-hydrogen) atoms. The number of anilines is 1. The van der Waals surface area contributed by atoms with Gasteiger partial charge >= 0.3 is 12.2 Å². The summed E-state index contributed by atoms with van der Waals surface area (Å²) < 4.78 is 0. The van der Waals surface area contributed by atoms with Gasteiger partial charge in [-0.05, 0) is 18.1 Å². The number of para-hydroxylation sites is 1. The molecule has 0 unspecified atom stereocenters. The second-order valence-corrected chi connectivity index (χ2v) is 6.78. The fourth-order valence-corrected chi connectivity index (χ4v) is 2.98. The molecule has 1 aromatic carbocycles. The Balaban J connectivity index is 2.07. The van der Waals surface area contributed by atoms with Crippen molar-refractivity contribution in [3.05, 3.63) is 35.5 Å². The molecule has 0 saturated carbocycles. The molecule has 0 fully saturated rings. The molecule has 0 aliphatic heterocycles. The number of Topliss-reactive ketones (excluding diaryl/α,β-unsaturated/α-hetero) is 1. The Morgan fingerprint density at radius 2 is 2.07 bits per heavy atom. The molecular formula is C19H23N5O5. The Morgan fingerprint density at radius 3 is 2.69 bits per heavy atom. The van der Waals surface area contributed by atoms with E-state index in [2.05, 4.69) is 15.1 Å². The van der Waals surface area contributed by atoms with Crippen LogP contribution in [0.5, 0.6) is 0 Å². The predicted molar refractivity (Wildman–Crippen MR) is 106 cm³/mol. The van der Waals surface area contributed by atoms with Crippen molar-refractivity contribution in [3.8, 4) is 0 Å². The zero-order valence-electron chi connectivity index (χ0n) is 16.1. The molecule has 10 nitrogen and oxygen atoms in total. The monoisotopic (exact) mass is 401 g/mol. The summed E-state index contributed by atoms with van der Waals surface area (Å²) in [5, 5.41) is 22.6. The average molecular weight is 401 g/mol. The van der Waals surface area contributed by atoms with Crippen molar-refractivity contribution in [2.75, 3.05) is 19.0 Å². The number of carboxylic acid groups (broad SMARTS) is 1. The number of aliphatic carboxylic acids is 1. The van der Waals surface area contributed by atoms with Crippen LogP contribution in [0.3, 0.4) is 0 Å². The minimum absolute atomic E-state index is 0.00877. The number of aliphatic hydroxyl groups excluding tert-OH is 1. The summed E-state index contributed by atoms with van der Waals surface area (Å²) in [6, 6.07) is 4.32. The number of aromatic amines is 1. The van der Waals surface area contributed by atoms with Crippen LogP contribution in [0.25, 0.3) is 16.4 Å². The number of hydrogen-bond acceptors (Lipinski definition) is 5. The van der Waals surface area contributed by atoms with Crippen molar-refractivity contribution < 1.29 is 29.4 Å². The highest BCUT2D eigenvalue weighted by molar-refractivity contribution is 6.25. The Kier molecular flexibility index (Phi) is 7.24. The molecule has 0 bridgehead atoms. The number of hydrogen-bond donors (Lipinski definition) is 4. The molecule has 0 aliphatic rings. The Hall–Kier alpha value is -3.49. The van der Waals surface area contributed by atoms with Crippen molar-refractivity contribution >= 4 is 40.5 Å². The smallest absolute Gasteiger partial charge is 0.326 e. The zero-order chi connectivity index (χ0) is 21.6. The normalized spacial score (nSPS) is 12.7. The number of nitrogens with one attached hydrogen (secondary N) is 2. The molecule has 0 saturated heterocycles. The van der Waals surface area contributed by atoms with Gasteiger partial charge in [0.2, 0.25) is 11.7 Å². The van der Waals surface area contributed by atoms with Crippen LogP contribution in [0.2, 0.25) is 0 Å². The molecule has 10 heteroatoms. The molecule has 2 atom stereocenters. The third-order valence-electron chi connectivity index (χ3n) is 4.47. The van der Waals surface area contributed by atoms with Gasteiger partial charge in [-0.2, -0.15) is 4.79 Å². The summed E-state index contributed by atoms with van der Waals surface area (Å²) in [7, 11) is 3.81. The highest BCUT2D eigenvalue weighted by Crippen LogP contribution is 2.27. The van der Waals surface area contributed by atoms with Crippen LogP contribution >= 0.6 is 0 Å². The number of aliphatic hydroxyl groups is 1. The largest absolute Gasteiger partial charge is 0.480 e.